The molecule has 0 bridgehead atoms. The van der Waals surface area contributed by atoms with Crippen molar-refractivity contribution in [2.24, 2.45) is 5.73 Å². The Balaban J connectivity index is 2.14. The maximum Gasteiger partial charge on any atom is 0.325 e. The number of benzene rings is 2. The van der Waals surface area contributed by atoms with Crippen LogP contribution in [0.1, 0.15) is 17.2 Å². The molecule has 2 aromatic carbocycles. The van der Waals surface area contributed by atoms with Crippen molar-refractivity contribution >= 4 is 5.97 Å². The normalized spacial score (nSPS) is 11.8. The first-order chi connectivity index (χ1) is 9.18. The molecule has 3 N–H and O–H groups in total. The first kappa shape index (κ1) is 13.1. The van der Waals surface area contributed by atoms with Crippen LogP contribution in [-0.4, -0.2) is 11.1 Å². The number of carboxylic acid groups (broad SMARTS) is 1. The molecule has 0 aliphatic heterocycles. The summed E-state index contributed by atoms with van der Waals surface area (Å²) in [5, 5.41) is 8.96. The van der Waals surface area contributed by atoms with E-state index in [1.807, 2.05) is 30.3 Å². The predicted molar refractivity (Wildman–Crippen MR) is 71.8 cm³/mol. The Hall–Kier alpha value is -2.33. The van der Waals surface area contributed by atoms with Crippen molar-refractivity contribution in [3.8, 4) is 5.75 Å². The van der Waals surface area contributed by atoms with Crippen LogP contribution in [-0.2, 0) is 11.4 Å². The summed E-state index contributed by atoms with van der Waals surface area (Å²) in [7, 11) is 0. The fourth-order valence-electron chi connectivity index (χ4n) is 1.74. The number of rotatable bonds is 5. The van der Waals surface area contributed by atoms with E-state index >= 15 is 0 Å². The van der Waals surface area contributed by atoms with Crippen LogP contribution in [0, 0.1) is 0 Å². The maximum absolute atomic E-state index is 10.9. The Morgan fingerprint density at radius 2 is 1.74 bits per heavy atom. The average molecular weight is 257 g/mol. The van der Waals surface area contributed by atoms with Crippen LogP contribution in [0.3, 0.4) is 0 Å². The SMILES string of the molecule is NC(C(=O)O)c1ccccc1OCc1ccccc1. The van der Waals surface area contributed by atoms with Gasteiger partial charge < -0.3 is 15.6 Å². The van der Waals surface area contributed by atoms with E-state index in [4.69, 9.17) is 15.6 Å². The lowest BCUT2D eigenvalue weighted by Gasteiger charge is -2.14. The number of aliphatic carboxylic acids is 1. The summed E-state index contributed by atoms with van der Waals surface area (Å²) >= 11 is 0. The summed E-state index contributed by atoms with van der Waals surface area (Å²) in [6.07, 6.45) is 0. The third-order valence-electron chi connectivity index (χ3n) is 2.76. The molecule has 0 amide bonds. The molecule has 0 aliphatic carbocycles. The molecule has 19 heavy (non-hydrogen) atoms. The van der Waals surface area contributed by atoms with E-state index in [0.29, 0.717) is 17.9 Å². The molecule has 1 unspecified atom stereocenters. The van der Waals surface area contributed by atoms with Gasteiger partial charge in [-0.2, -0.15) is 0 Å². The fourth-order valence-corrected chi connectivity index (χ4v) is 1.74. The average Bonchev–Trinajstić information content (AvgIpc) is 2.45. The van der Waals surface area contributed by atoms with Crippen molar-refractivity contribution in [1.29, 1.82) is 0 Å². The van der Waals surface area contributed by atoms with Gasteiger partial charge in [0.25, 0.3) is 0 Å². The number of hydrogen-bond donors (Lipinski definition) is 2. The largest absolute Gasteiger partial charge is 0.489 e. The Morgan fingerprint density at radius 3 is 2.42 bits per heavy atom. The molecule has 0 saturated carbocycles. The lowest BCUT2D eigenvalue weighted by Crippen LogP contribution is -2.21. The minimum Gasteiger partial charge on any atom is -0.489 e. The zero-order valence-corrected chi connectivity index (χ0v) is 10.3. The number of carboxylic acids is 1. The molecule has 2 aromatic rings. The highest BCUT2D eigenvalue weighted by Gasteiger charge is 2.18. The van der Waals surface area contributed by atoms with Gasteiger partial charge in [0.05, 0.1) is 0 Å². The van der Waals surface area contributed by atoms with Gasteiger partial charge in [0.1, 0.15) is 18.4 Å². The summed E-state index contributed by atoms with van der Waals surface area (Å²) in [6, 6.07) is 15.5. The lowest BCUT2D eigenvalue weighted by molar-refractivity contribution is -0.138. The zero-order valence-electron chi connectivity index (χ0n) is 10.3. The molecule has 4 heteroatoms. The van der Waals surface area contributed by atoms with Crippen LogP contribution in [0.15, 0.2) is 54.6 Å². The molecule has 0 radical (unpaired) electrons. The van der Waals surface area contributed by atoms with Crippen molar-refractivity contribution in [2.75, 3.05) is 0 Å². The van der Waals surface area contributed by atoms with Gasteiger partial charge in [-0.3, -0.25) is 4.79 Å². The van der Waals surface area contributed by atoms with Gasteiger partial charge in [0, 0.05) is 5.56 Å². The minimum atomic E-state index is -1.08. The first-order valence-electron chi connectivity index (χ1n) is 5.92. The molecule has 0 aromatic heterocycles. The second kappa shape index (κ2) is 6.02. The quantitative estimate of drug-likeness (QED) is 0.862. The monoisotopic (exact) mass is 257 g/mol. The number of para-hydroxylation sites is 1. The predicted octanol–water partition coefficient (Wildman–Crippen LogP) is 2.35. The molecule has 2 rings (SSSR count). The van der Waals surface area contributed by atoms with Crippen molar-refractivity contribution in [1.82, 2.24) is 0 Å². The number of hydrogen-bond acceptors (Lipinski definition) is 3. The van der Waals surface area contributed by atoms with Crippen molar-refractivity contribution in [3.63, 3.8) is 0 Å². The van der Waals surface area contributed by atoms with Gasteiger partial charge in [-0.05, 0) is 11.6 Å². The van der Waals surface area contributed by atoms with Gasteiger partial charge in [-0.25, -0.2) is 0 Å². The topological polar surface area (TPSA) is 72.6 Å². The highest BCUT2D eigenvalue weighted by atomic mass is 16.5. The van der Waals surface area contributed by atoms with Crippen LogP contribution >= 0.6 is 0 Å². The summed E-state index contributed by atoms with van der Waals surface area (Å²) in [5.41, 5.74) is 7.12. The lowest BCUT2D eigenvalue weighted by atomic mass is 10.1. The third kappa shape index (κ3) is 3.33. The number of carbonyl (C=O) groups is 1. The van der Waals surface area contributed by atoms with E-state index in [0.717, 1.165) is 5.56 Å². The molecule has 4 nitrogen and oxygen atoms in total. The Kier molecular flexibility index (Phi) is 4.15. The van der Waals surface area contributed by atoms with E-state index in [1.165, 1.54) is 0 Å². The van der Waals surface area contributed by atoms with Crippen LogP contribution < -0.4 is 10.5 Å². The standard InChI is InChI=1S/C15H15NO3/c16-14(15(17)18)12-8-4-5-9-13(12)19-10-11-6-2-1-3-7-11/h1-9,14H,10,16H2,(H,17,18). The van der Waals surface area contributed by atoms with E-state index in [-0.39, 0.29) is 0 Å². The Bertz CT molecular complexity index is 554. The van der Waals surface area contributed by atoms with Crippen molar-refractivity contribution in [3.05, 3.63) is 65.7 Å². The summed E-state index contributed by atoms with van der Waals surface area (Å²) in [4.78, 5) is 10.9. The van der Waals surface area contributed by atoms with Gasteiger partial charge in [-0.1, -0.05) is 48.5 Å². The summed E-state index contributed by atoms with van der Waals surface area (Å²) in [6.45, 7) is 0.379. The smallest absolute Gasteiger partial charge is 0.325 e. The van der Waals surface area contributed by atoms with E-state index in [9.17, 15) is 4.79 Å². The van der Waals surface area contributed by atoms with Gasteiger partial charge in [-0.15, -0.1) is 0 Å². The zero-order chi connectivity index (χ0) is 13.7. The fraction of sp³-hybridized carbons (Fsp3) is 0.133. The molecule has 0 aliphatic rings. The first-order valence-corrected chi connectivity index (χ1v) is 5.92. The molecular weight excluding hydrogens is 242 g/mol. The number of nitrogens with two attached hydrogens (primary N) is 1. The molecule has 0 heterocycles. The third-order valence-corrected chi connectivity index (χ3v) is 2.76. The highest BCUT2D eigenvalue weighted by molar-refractivity contribution is 5.76. The van der Waals surface area contributed by atoms with E-state index in [1.54, 1.807) is 24.3 Å². The van der Waals surface area contributed by atoms with Crippen LogP contribution in [0.4, 0.5) is 0 Å². The molecule has 1 atom stereocenters. The Morgan fingerprint density at radius 1 is 1.11 bits per heavy atom. The van der Waals surface area contributed by atoms with Gasteiger partial charge in [0.15, 0.2) is 0 Å². The van der Waals surface area contributed by atoms with Crippen molar-refractivity contribution < 1.29 is 14.6 Å². The highest BCUT2D eigenvalue weighted by Crippen LogP contribution is 2.24. The van der Waals surface area contributed by atoms with Gasteiger partial charge >= 0.3 is 5.97 Å². The minimum absolute atomic E-state index is 0.379. The second-order valence-electron chi connectivity index (χ2n) is 4.13. The second-order valence-corrected chi connectivity index (χ2v) is 4.13. The molecule has 98 valence electrons. The van der Waals surface area contributed by atoms with Crippen LogP contribution in [0.25, 0.3) is 0 Å². The molecule has 0 saturated heterocycles. The molecule has 0 fully saturated rings. The number of ether oxygens (including phenoxy) is 1. The van der Waals surface area contributed by atoms with E-state index in [2.05, 4.69) is 0 Å². The molecular formula is C15H15NO3. The van der Waals surface area contributed by atoms with Gasteiger partial charge in [0.2, 0.25) is 0 Å². The molecule has 0 spiro atoms. The van der Waals surface area contributed by atoms with Crippen LogP contribution in [0.2, 0.25) is 0 Å². The Labute approximate surface area is 111 Å². The summed E-state index contributed by atoms with van der Waals surface area (Å²) in [5.74, 6) is -0.572. The van der Waals surface area contributed by atoms with E-state index < -0.39 is 12.0 Å². The van der Waals surface area contributed by atoms with Crippen LogP contribution in [0.5, 0.6) is 5.75 Å². The summed E-state index contributed by atoms with van der Waals surface area (Å²) < 4.78 is 5.65. The van der Waals surface area contributed by atoms with Crippen molar-refractivity contribution in [2.45, 2.75) is 12.6 Å². The maximum atomic E-state index is 10.9.